The minimum absolute atomic E-state index is 0.162. The van der Waals surface area contributed by atoms with Gasteiger partial charge in [0.15, 0.2) is 0 Å². The molecular formula is C26H30N4O3. The minimum Gasteiger partial charge on any atom is -0.364 e. The Balaban J connectivity index is 1.77. The summed E-state index contributed by atoms with van der Waals surface area (Å²) < 4.78 is 0. The van der Waals surface area contributed by atoms with E-state index in [2.05, 4.69) is 17.1 Å². The van der Waals surface area contributed by atoms with Crippen molar-refractivity contribution in [1.29, 1.82) is 0 Å². The number of nitrogens with zero attached hydrogens (tertiary/aromatic N) is 3. The highest BCUT2D eigenvalue weighted by Crippen LogP contribution is 2.37. The number of anilines is 2. The molecular weight excluding hydrogens is 416 g/mol. The fraction of sp³-hybridized carbons (Fsp3) is 0.346. The molecule has 2 aromatic carbocycles. The second-order valence-corrected chi connectivity index (χ2v) is 8.64. The van der Waals surface area contributed by atoms with E-state index in [9.17, 15) is 14.4 Å². The number of hydrogen-bond acceptors (Lipinski definition) is 5. The maximum atomic E-state index is 13.7. The van der Waals surface area contributed by atoms with E-state index < -0.39 is 0 Å². The molecule has 2 aromatic rings. The topological polar surface area (TPSA) is 73.0 Å². The van der Waals surface area contributed by atoms with Crippen LogP contribution in [0.4, 0.5) is 11.4 Å². The average Bonchev–Trinajstić information content (AvgIpc) is 3.04. The molecule has 1 fully saturated rings. The van der Waals surface area contributed by atoms with Gasteiger partial charge < -0.3 is 15.1 Å². The fourth-order valence-electron chi connectivity index (χ4n) is 4.56. The van der Waals surface area contributed by atoms with E-state index in [1.54, 1.807) is 24.3 Å². The molecule has 7 nitrogen and oxygen atoms in total. The Morgan fingerprint density at radius 3 is 2.18 bits per heavy atom. The van der Waals surface area contributed by atoms with Gasteiger partial charge in [0.2, 0.25) is 5.91 Å². The van der Waals surface area contributed by atoms with Crippen LogP contribution in [0.3, 0.4) is 0 Å². The van der Waals surface area contributed by atoms with E-state index >= 15 is 0 Å². The van der Waals surface area contributed by atoms with Crippen LogP contribution in [0, 0.1) is 13.8 Å². The number of hydrogen-bond donors (Lipinski definition) is 1. The Labute approximate surface area is 194 Å². The Kier molecular flexibility index (Phi) is 6.33. The highest BCUT2D eigenvalue weighted by Gasteiger charge is 2.43. The molecule has 2 aliphatic rings. The molecule has 2 heterocycles. The molecule has 0 unspecified atom stereocenters. The average molecular weight is 447 g/mol. The summed E-state index contributed by atoms with van der Waals surface area (Å²) in [6.07, 6.45) is 0. The van der Waals surface area contributed by atoms with Crippen molar-refractivity contribution < 1.29 is 14.4 Å². The van der Waals surface area contributed by atoms with Gasteiger partial charge in [0.25, 0.3) is 11.8 Å². The summed E-state index contributed by atoms with van der Waals surface area (Å²) in [5, 5.41) is 2.74. The number of amides is 3. The first-order valence-electron chi connectivity index (χ1n) is 11.4. The second-order valence-electron chi connectivity index (χ2n) is 8.64. The Bertz CT molecular complexity index is 1130. The Morgan fingerprint density at radius 1 is 0.939 bits per heavy atom. The molecule has 2 aliphatic heterocycles. The van der Waals surface area contributed by atoms with E-state index in [0.29, 0.717) is 41.3 Å². The zero-order valence-corrected chi connectivity index (χ0v) is 19.6. The van der Waals surface area contributed by atoms with Crippen LogP contribution in [0.1, 0.15) is 30.5 Å². The molecule has 0 aliphatic carbocycles. The summed E-state index contributed by atoms with van der Waals surface area (Å²) in [7, 11) is 0. The minimum atomic E-state index is -0.313. The summed E-state index contributed by atoms with van der Waals surface area (Å²) in [6.45, 7) is 11.5. The van der Waals surface area contributed by atoms with Crippen molar-refractivity contribution in [3.8, 4) is 0 Å². The maximum Gasteiger partial charge on any atom is 0.282 e. The van der Waals surface area contributed by atoms with Crippen LogP contribution in [0.15, 0.2) is 48.2 Å². The van der Waals surface area contributed by atoms with Gasteiger partial charge in [-0.15, -0.1) is 0 Å². The van der Waals surface area contributed by atoms with Crippen LogP contribution in [-0.2, 0) is 14.4 Å². The number of rotatable bonds is 5. The van der Waals surface area contributed by atoms with Gasteiger partial charge >= 0.3 is 0 Å². The van der Waals surface area contributed by atoms with E-state index in [1.165, 1.54) is 11.8 Å². The molecule has 0 bridgehead atoms. The van der Waals surface area contributed by atoms with Crippen LogP contribution in [0.2, 0.25) is 0 Å². The number of likely N-dealkylation sites (N-methyl/N-ethyl adjacent to an activating group) is 1. The first-order valence-corrected chi connectivity index (χ1v) is 11.4. The standard InChI is InChI=1S/C26H30N4O3/c1-5-28-12-14-29(15-13-28)24-23(20-7-9-21(10-8-20)27-19(4)31)25(32)30(26(24)33)22-11-6-17(2)16-18(22)3/h6-11,16H,5,12-15H2,1-4H3,(H,27,31). The SMILES string of the molecule is CCN1CCN(C2=C(c3ccc(NC(C)=O)cc3)C(=O)N(c3ccc(C)cc3C)C2=O)CC1. The molecule has 7 heteroatoms. The van der Waals surface area contributed by atoms with Gasteiger partial charge in [0.05, 0.1) is 11.3 Å². The van der Waals surface area contributed by atoms with Crippen molar-refractivity contribution in [2.24, 2.45) is 0 Å². The largest absolute Gasteiger partial charge is 0.364 e. The van der Waals surface area contributed by atoms with Gasteiger partial charge in [-0.25, -0.2) is 4.90 Å². The third-order valence-corrected chi connectivity index (χ3v) is 6.28. The number of piperazine rings is 1. The molecule has 33 heavy (non-hydrogen) atoms. The maximum absolute atomic E-state index is 13.7. The molecule has 1 N–H and O–H groups in total. The monoisotopic (exact) mass is 446 g/mol. The number of nitrogens with one attached hydrogen (secondary N) is 1. The highest BCUT2D eigenvalue weighted by molar-refractivity contribution is 6.45. The highest BCUT2D eigenvalue weighted by atomic mass is 16.2. The molecule has 0 aromatic heterocycles. The predicted molar refractivity (Wildman–Crippen MR) is 130 cm³/mol. The van der Waals surface area contributed by atoms with E-state index in [-0.39, 0.29) is 17.7 Å². The molecule has 0 saturated carbocycles. The normalized spacial score (nSPS) is 17.2. The third kappa shape index (κ3) is 4.41. The van der Waals surface area contributed by atoms with Crippen LogP contribution in [-0.4, -0.2) is 60.2 Å². The first kappa shape index (κ1) is 22.7. The van der Waals surface area contributed by atoms with Crippen LogP contribution in [0.5, 0.6) is 0 Å². The van der Waals surface area contributed by atoms with Crippen molar-refractivity contribution in [3.63, 3.8) is 0 Å². The molecule has 172 valence electrons. The van der Waals surface area contributed by atoms with Gasteiger partial charge in [-0.05, 0) is 49.7 Å². The predicted octanol–water partition coefficient (Wildman–Crippen LogP) is 3.18. The quantitative estimate of drug-likeness (QED) is 0.715. The van der Waals surface area contributed by atoms with Gasteiger partial charge in [-0.1, -0.05) is 36.8 Å². The van der Waals surface area contributed by atoms with Crippen molar-refractivity contribution in [2.75, 3.05) is 42.9 Å². The molecule has 0 radical (unpaired) electrons. The lowest BCUT2D eigenvalue weighted by Gasteiger charge is -2.36. The van der Waals surface area contributed by atoms with E-state index in [1.807, 2.05) is 36.9 Å². The van der Waals surface area contributed by atoms with Crippen molar-refractivity contribution >= 4 is 34.7 Å². The lowest BCUT2D eigenvalue weighted by atomic mass is 10.0. The summed E-state index contributed by atoms with van der Waals surface area (Å²) >= 11 is 0. The summed E-state index contributed by atoms with van der Waals surface area (Å²) in [4.78, 5) is 44.5. The van der Waals surface area contributed by atoms with Crippen LogP contribution in [0.25, 0.3) is 5.57 Å². The van der Waals surface area contributed by atoms with Gasteiger partial charge in [0, 0.05) is 38.8 Å². The van der Waals surface area contributed by atoms with Crippen molar-refractivity contribution in [1.82, 2.24) is 9.80 Å². The van der Waals surface area contributed by atoms with E-state index in [0.717, 1.165) is 30.8 Å². The molecule has 0 atom stereocenters. The summed E-state index contributed by atoms with van der Waals surface area (Å²) in [5.74, 6) is -0.755. The molecule has 3 amide bonds. The van der Waals surface area contributed by atoms with Crippen molar-refractivity contribution in [3.05, 3.63) is 64.9 Å². The lowest BCUT2D eigenvalue weighted by molar-refractivity contribution is -0.121. The Hall–Kier alpha value is -3.45. The second kappa shape index (κ2) is 9.19. The molecule has 4 rings (SSSR count). The summed E-state index contributed by atoms with van der Waals surface area (Å²) in [6, 6.07) is 12.8. The number of carbonyl (C=O) groups is 3. The van der Waals surface area contributed by atoms with Gasteiger partial charge in [-0.3, -0.25) is 14.4 Å². The number of benzene rings is 2. The number of imide groups is 1. The first-order chi connectivity index (χ1) is 15.8. The Morgan fingerprint density at radius 2 is 1.61 bits per heavy atom. The van der Waals surface area contributed by atoms with Crippen molar-refractivity contribution in [2.45, 2.75) is 27.7 Å². The molecule has 1 saturated heterocycles. The fourth-order valence-corrected chi connectivity index (χ4v) is 4.56. The van der Waals surface area contributed by atoms with E-state index in [4.69, 9.17) is 0 Å². The van der Waals surface area contributed by atoms with Crippen LogP contribution < -0.4 is 10.2 Å². The summed E-state index contributed by atoms with van der Waals surface area (Å²) in [5.41, 5.74) is 4.77. The lowest BCUT2D eigenvalue weighted by Crippen LogP contribution is -2.47. The smallest absolute Gasteiger partial charge is 0.282 e. The number of carbonyl (C=O) groups excluding carboxylic acids is 3. The van der Waals surface area contributed by atoms with Crippen LogP contribution >= 0.6 is 0 Å². The zero-order chi connectivity index (χ0) is 23.7. The molecule has 0 spiro atoms. The third-order valence-electron chi connectivity index (χ3n) is 6.28. The number of aryl methyl sites for hydroxylation is 2. The van der Waals surface area contributed by atoms with Gasteiger partial charge in [0.1, 0.15) is 5.70 Å². The van der Waals surface area contributed by atoms with Gasteiger partial charge in [-0.2, -0.15) is 0 Å². The zero-order valence-electron chi connectivity index (χ0n) is 19.6.